The molecule has 1 heterocycles. The van der Waals surface area contributed by atoms with Crippen LogP contribution in [-0.2, 0) is 4.79 Å². The highest BCUT2D eigenvalue weighted by Crippen LogP contribution is 2.30. The van der Waals surface area contributed by atoms with Crippen LogP contribution in [0.4, 0.5) is 11.4 Å². The van der Waals surface area contributed by atoms with Crippen molar-refractivity contribution in [3.05, 3.63) is 57.0 Å². The average Bonchev–Trinajstić information content (AvgIpc) is 2.68. The zero-order valence-electron chi connectivity index (χ0n) is 16.1. The molecule has 0 saturated carbocycles. The summed E-state index contributed by atoms with van der Waals surface area (Å²) in [6, 6.07) is 10.1. The predicted molar refractivity (Wildman–Crippen MR) is 120 cm³/mol. The second-order valence-corrected chi connectivity index (χ2v) is 8.11. The number of carbonyl (C=O) groups excluding carboxylic acids is 2. The van der Waals surface area contributed by atoms with E-state index in [2.05, 4.69) is 10.2 Å². The van der Waals surface area contributed by atoms with Gasteiger partial charge in [0.05, 0.1) is 21.3 Å². The van der Waals surface area contributed by atoms with E-state index in [0.29, 0.717) is 40.8 Å². The van der Waals surface area contributed by atoms with Crippen molar-refractivity contribution in [3.63, 3.8) is 0 Å². The Labute approximate surface area is 185 Å². The number of piperazine rings is 1. The van der Waals surface area contributed by atoms with Crippen molar-refractivity contribution in [2.24, 2.45) is 0 Å². The molecule has 1 aliphatic rings. The molecule has 1 N–H and O–H groups in total. The molecule has 2 amide bonds. The molecule has 1 fully saturated rings. The molecular weight excluding hydrogens is 433 g/mol. The maximum absolute atomic E-state index is 12.5. The van der Waals surface area contributed by atoms with Gasteiger partial charge in [-0.3, -0.25) is 9.59 Å². The third-order valence-electron chi connectivity index (χ3n) is 4.82. The fourth-order valence-electron chi connectivity index (χ4n) is 3.28. The second kappa shape index (κ2) is 9.70. The van der Waals surface area contributed by atoms with Gasteiger partial charge in [-0.05, 0) is 42.8 Å². The van der Waals surface area contributed by atoms with E-state index in [1.54, 1.807) is 24.3 Å². The zero-order chi connectivity index (χ0) is 21.0. The number of hydrogen-bond acceptors (Lipinski definition) is 3. The molecule has 0 bridgehead atoms. The number of nitrogens with zero attached hydrogens (tertiary/aromatic N) is 2. The Hall–Kier alpha value is -1.95. The summed E-state index contributed by atoms with van der Waals surface area (Å²) in [5, 5.41) is 4.10. The summed E-state index contributed by atoms with van der Waals surface area (Å²) in [5.74, 6) is -0.129. The molecule has 2 aromatic carbocycles. The van der Waals surface area contributed by atoms with Crippen molar-refractivity contribution in [2.45, 2.75) is 19.8 Å². The van der Waals surface area contributed by atoms with Crippen molar-refractivity contribution in [1.29, 1.82) is 0 Å². The molecule has 0 radical (unpaired) electrons. The van der Waals surface area contributed by atoms with Crippen LogP contribution in [0.3, 0.4) is 0 Å². The molecule has 2 aromatic rings. The summed E-state index contributed by atoms with van der Waals surface area (Å²) in [6.07, 6.45) is 1.45. The maximum Gasteiger partial charge on any atom is 0.257 e. The van der Waals surface area contributed by atoms with Gasteiger partial charge in [0, 0.05) is 43.3 Å². The lowest BCUT2D eigenvalue weighted by Crippen LogP contribution is -2.48. The standard InChI is InChI=1S/C21H22Cl3N3O2/c1-2-3-20(28)27-10-8-26(9-11-27)19-7-5-15(13-18(19)24)25-21(29)16-6-4-14(22)12-17(16)23/h4-7,12-13H,2-3,8-11H2,1H3,(H,25,29). The molecule has 3 rings (SSSR count). The van der Waals surface area contributed by atoms with Crippen molar-refractivity contribution >= 4 is 58.0 Å². The molecule has 0 aromatic heterocycles. The normalized spacial score (nSPS) is 14.1. The van der Waals surface area contributed by atoms with Crippen LogP contribution in [0, 0.1) is 0 Å². The number of hydrogen-bond donors (Lipinski definition) is 1. The van der Waals surface area contributed by atoms with Crippen LogP contribution in [0.1, 0.15) is 30.1 Å². The van der Waals surface area contributed by atoms with Gasteiger partial charge in [-0.1, -0.05) is 41.7 Å². The van der Waals surface area contributed by atoms with Gasteiger partial charge in [-0.25, -0.2) is 0 Å². The highest BCUT2D eigenvalue weighted by Gasteiger charge is 2.22. The Balaban J connectivity index is 1.65. The molecule has 1 aliphatic heterocycles. The molecule has 29 heavy (non-hydrogen) atoms. The minimum atomic E-state index is -0.335. The Morgan fingerprint density at radius 1 is 0.966 bits per heavy atom. The van der Waals surface area contributed by atoms with Crippen LogP contribution in [0.5, 0.6) is 0 Å². The monoisotopic (exact) mass is 453 g/mol. The minimum absolute atomic E-state index is 0.206. The van der Waals surface area contributed by atoms with Gasteiger partial charge in [0.1, 0.15) is 0 Å². The Bertz CT molecular complexity index is 912. The topological polar surface area (TPSA) is 52.7 Å². The van der Waals surface area contributed by atoms with E-state index in [1.807, 2.05) is 17.9 Å². The van der Waals surface area contributed by atoms with Gasteiger partial charge in [0.25, 0.3) is 5.91 Å². The minimum Gasteiger partial charge on any atom is -0.367 e. The maximum atomic E-state index is 12.5. The lowest BCUT2D eigenvalue weighted by atomic mass is 10.2. The van der Waals surface area contributed by atoms with E-state index in [-0.39, 0.29) is 16.8 Å². The Morgan fingerprint density at radius 3 is 2.31 bits per heavy atom. The Morgan fingerprint density at radius 2 is 1.69 bits per heavy atom. The average molecular weight is 455 g/mol. The summed E-state index contributed by atoms with van der Waals surface area (Å²) < 4.78 is 0. The summed E-state index contributed by atoms with van der Waals surface area (Å²) in [4.78, 5) is 28.6. The van der Waals surface area contributed by atoms with E-state index in [4.69, 9.17) is 34.8 Å². The summed E-state index contributed by atoms with van der Waals surface area (Å²) in [5.41, 5.74) is 1.80. The predicted octanol–water partition coefficient (Wildman–Crippen LogP) is 5.35. The van der Waals surface area contributed by atoms with Crippen molar-refractivity contribution in [2.75, 3.05) is 36.4 Å². The van der Waals surface area contributed by atoms with Crippen molar-refractivity contribution < 1.29 is 9.59 Å². The quantitative estimate of drug-likeness (QED) is 0.663. The molecule has 1 saturated heterocycles. The van der Waals surface area contributed by atoms with E-state index in [9.17, 15) is 9.59 Å². The van der Waals surface area contributed by atoms with E-state index < -0.39 is 0 Å². The fourth-order valence-corrected chi connectivity index (χ4v) is 4.08. The van der Waals surface area contributed by atoms with Crippen LogP contribution >= 0.6 is 34.8 Å². The van der Waals surface area contributed by atoms with Crippen LogP contribution in [0.25, 0.3) is 0 Å². The zero-order valence-corrected chi connectivity index (χ0v) is 18.3. The highest BCUT2D eigenvalue weighted by molar-refractivity contribution is 6.37. The van der Waals surface area contributed by atoms with Gasteiger partial charge in [0.15, 0.2) is 0 Å². The summed E-state index contributed by atoms with van der Waals surface area (Å²) in [7, 11) is 0. The number of rotatable bonds is 5. The first-order valence-corrected chi connectivity index (χ1v) is 10.6. The van der Waals surface area contributed by atoms with Crippen molar-refractivity contribution in [1.82, 2.24) is 4.90 Å². The first-order chi connectivity index (χ1) is 13.9. The van der Waals surface area contributed by atoms with E-state index in [0.717, 1.165) is 25.2 Å². The fraction of sp³-hybridized carbons (Fsp3) is 0.333. The molecule has 0 spiro atoms. The van der Waals surface area contributed by atoms with Crippen LogP contribution < -0.4 is 10.2 Å². The smallest absolute Gasteiger partial charge is 0.257 e. The molecule has 8 heteroatoms. The first-order valence-electron chi connectivity index (χ1n) is 9.47. The number of nitrogens with one attached hydrogen (secondary N) is 1. The molecule has 0 atom stereocenters. The van der Waals surface area contributed by atoms with Crippen molar-refractivity contribution in [3.8, 4) is 0 Å². The van der Waals surface area contributed by atoms with Gasteiger partial charge in [-0.2, -0.15) is 0 Å². The number of halogens is 3. The third kappa shape index (κ3) is 5.35. The largest absolute Gasteiger partial charge is 0.367 e. The summed E-state index contributed by atoms with van der Waals surface area (Å²) >= 11 is 18.4. The van der Waals surface area contributed by atoms with Gasteiger partial charge in [-0.15, -0.1) is 0 Å². The third-order valence-corrected chi connectivity index (χ3v) is 5.67. The van der Waals surface area contributed by atoms with Gasteiger partial charge < -0.3 is 15.1 Å². The molecule has 0 unspecified atom stereocenters. The lowest BCUT2D eigenvalue weighted by molar-refractivity contribution is -0.131. The van der Waals surface area contributed by atoms with E-state index >= 15 is 0 Å². The van der Waals surface area contributed by atoms with E-state index in [1.165, 1.54) is 6.07 Å². The highest BCUT2D eigenvalue weighted by atomic mass is 35.5. The number of anilines is 2. The lowest BCUT2D eigenvalue weighted by Gasteiger charge is -2.36. The van der Waals surface area contributed by atoms with Gasteiger partial charge >= 0.3 is 0 Å². The number of carbonyl (C=O) groups is 2. The first kappa shape index (κ1) is 21.8. The molecule has 0 aliphatic carbocycles. The number of benzene rings is 2. The van der Waals surface area contributed by atoms with Crippen LogP contribution in [0.2, 0.25) is 15.1 Å². The summed E-state index contributed by atoms with van der Waals surface area (Å²) in [6.45, 7) is 4.82. The van der Waals surface area contributed by atoms with Crippen LogP contribution in [-0.4, -0.2) is 42.9 Å². The van der Waals surface area contributed by atoms with Crippen LogP contribution in [0.15, 0.2) is 36.4 Å². The SMILES string of the molecule is CCCC(=O)N1CCN(c2ccc(NC(=O)c3ccc(Cl)cc3Cl)cc2Cl)CC1. The Kier molecular flexibility index (Phi) is 7.28. The van der Waals surface area contributed by atoms with Gasteiger partial charge in [0.2, 0.25) is 5.91 Å². The molecule has 5 nitrogen and oxygen atoms in total. The molecular formula is C21H22Cl3N3O2. The second-order valence-electron chi connectivity index (χ2n) is 6.86. The number of amides is 2. The molecule has 154 valence electrons.